The highest BCUT2D eigenvalue weighted by molar-refractivity contribution is 6.35. The smallest absolute Gasteiger partial charge is 0.196 e. The van der Waals surface area contributed by atoms with E-state index in [0.29, 0.717) is 15.9 Å². The number of hydrogen-bond acceptors (Lipinski definition) is 4. The SMILES string of the molecule is CC(NC(N)=NCc1nnn(C)n1)c1ccc(Cl)cc1Cl. The van der Waals surface area contributed by atoms with Gasteiger partial charge in [0.05, 0.1) is 13.1 Å². The van der Waals surface area contributed by atoms with E-state index in [2.05, 4.69) is 25.7 Å². The summed E-state index contributed by atoms with van der Waals surface area (Å²) < 4.78 is 0. The molecule has 2 aromatic rings. The molecule has 1 atom stereocenters. The number of halogens is 2. The standard InChI is InChI=1S/C12H15Cl2N7/c1-7(9-4-3-8(13)5-10(9)14)17-12(15)16-6-11-18-20-21(2)19-11/h3-5,7H,6H2,1-2H3,(H3,15,16,17). The fourth-order valence-electron chi connectivity index (χ4n) is 1.74. The molecule has 1 heterocycles. The molecule has 112 valence electrons. The number of aryl methyl sites for hydroxylation is 1. The van der Waals surface area contributed by atoms with Crippen LogP contribution in [-0.4, -0.2) is 26.2 Å². The number of rotatable bonds is 4. The van der Waals surface area contributed by atoms with Crippen LogP contribution in [0.25, 0.3) is 0 Å². The monoisotopic (exact) mass is 327 g/mol. The molecule has 0 spiro atoms. The third-order valence-electron chi connectivity index (χ3n) is 2.73. The average Bonchev–Trinajstić information content (AvgIpc) is 2.82. The summed E-state index contributed by atoms with van der Waals surface area (Å²) in [5, 5.41) is 15.8. The van der Waals surface area contributed by atoms with Gasteiger partial charge in [0.15, 0.2) is 11.8 Å². The number of benzene rings is 1. The lowest BCUT2D eigenvalue weighted by Crippen LogP contribution is -2.34. The fourth-order valence-corrected chi connectivity index (χ4v) is 2.31. The Hall–Kier alpha value is -1.86. The summed E-state index contributed by atoms with van der Waals surface area (Å²) in [6, 6.07) is 5.21. The van der Waals surface area contributed by atoms with E-state index in [9.17, 15) is 0 Å². The second kappa shape index (κ2) is 6.73. The van der Waals surface area contributed by atoms with Gasteiger partial charge in [-0.05, 0) is 29.8 Å². The van der Waals surface area contributed by atoms with Crippen LogP contribution in [0.5, 0.6) is 0 Å². The van der Waals surface area contributed by atoms with Crippen LogP contribution < -0.4 is 11.1 Å². The zero-order valence-electron chi connectivity index (χ0n) is 11.6. The molecule has 2 rings (SSSR count). The van der Waals surface area contributed by atoms with Gasteiger partial charge in [0, 0.05) is 10.0 Å². The Morgan fingerprint density at radius 1 is 1.48 bits per heavy atom. The largest absolute Gasteiger partial charge is 0.370 e. The Labute approximate surface area is 132 Å². The predicted octanol–water partition coefficient (Wildman–Crippen LogP) is 1.68. The molecule has 7 nitrogen and oxygen atoms in total. The first kappa shape index (κ1) is 15.5. The minimum absolute atomic E-state index is 0.103. The van der Waals surface area contributed by atoms with Crippen molar-refractivity contribution in [3.63, 3.8) is 0 Å². The molecule has 0 fully saturated rings. The highest BCUT2D eigenvalue weighted by atomic mass is 35.5. The van der Waals surface area contributed by atoms with Crippen LogP contribution in [0.2, 0.25) is 10.0 Å². The zero-order valence-corrected chi connectivity index (χ0v) is 13.1. The number of guanidine groups is 1. The van der Waals surface area contributed by atoms with E-state index in [1.165, 1.54) is 4.80 Å². The van der Waals surface area contributed by atoms with Crippen molar-refractivity contribution >= 4 is 29.2 Å². The quantitative estimate of drug-likeness (QED) is 0.658. The number of aromatic nitrogens is 4. The van der Waals surface area contributed by atoms with Crippen molar-refractivity contribution in [2.45, 2.75) is 19.5 Å². The van der Waals surface area contributed by atoms with Crippen LogP contribution >= 0.6 is 23.2 Å². The first-order chi connectivity index (χ1) is 9.95. The molecule has 9 heteroatoms. The highest BCUT2D eigenvalue weighted by Crippen LogP contribution is 2.25. The average molecular weight is 328 g/mol. The van der Waals surface area contributed by atoms with E-state index in [-0.39, 0.29) is 18.5 Å². The number of tetrazole rings is 1. The van der Waals surface area contributed by atoms with Crippen LogP contribution in [0.1, 0.15) is 24.4 Å². The second-order valence-corrected chi connectivity index (χ2v) is 5.27. The number of aliphatic imine (C=N–C) groups is 1. The molecule has 1 unspecified atom stereocenters. The number of nitrogens with zero attached hydrogens (tertiary/aromatic N) is 5. The summed E-state index contributed by atoms with van der Waals surface area (Å²) in [7, 11) is 1.69. The van der Waals surface area contributed by atoms with Crippen LogP contribution in [0.15, 0.2) is 23.2 Å². The third kappa shape index (κ3) is 4.30. The lowest BCUT2D eigenvalue weighted by Gasteiger charge is -2.16. The maximum Gasteiger partial charge on any atom is 0.196 e. The molecule has 0 saturated carbocycles. The van der Waals surface area contributed by atoms with Crippen molar-refractivity contribution < 1.29 is 0 Å². The number of nitrogens with two attached hydrogens (primary N) is 1. The molecule has 0 radical (unpaired) electrons. The minimum atomic E-state index is -0.103. The van der Waals surface area contributed by atoms with Crippen molar-refractivity contribution in [2.75, 3.05) is 0 Å². The van der Waals surface area contributed by atoms with E-state index in [4.69, 9.17) is 28.9 Å². The van der Waals surface area contributed by atoms with E-state index < -0.39 is 0 Å². The first-order valence-corrected chi connectivity index (χ1v) is 6.95. The molecule has 0 bridgehead atoms. The van der Waals surface area contributed by atoms with Gasteiger partial charge in [-0.1, -0.05) is 29.3 Å². The van der Waals surface area contributed by atoms with Crippen LogP contribution in [0.4, 0.5) is 0 Å². The van der Waals surface area contributed by atoms with Crippen LogP contribution in [-0.2, 0) is 13.6 Å². The van der Waals surface area contributed by atoms with Crippen molar-refractivity contribution in [1.82, 2.24) is 25.5 Å². The second-order valence-electron chi connectivity index (χ2n) is 4.43. The predicted molar refractivity (Wildman–Crippen MR) is 82.1 cm³/mol. The van der Waals surface area contributed by atoms with Gasteiger partial charge >= 0.3 is 0 Å². The summed E-state index contributed by atoms with van der Waals surface area (Å²) in [5.41, 5.74) is 6.72. The molecule has 21 heavy (non-hydrogen) atoms. The zero-order chi connectivity index (χ0) is 15.4. The highest BCUT2D eigenvalue weighted by Gasteiger charge is 2.10. The van der Waals surface area contributed by atoms with Gasteiger partial charge < -0.3 is 11.1 Å². The molecule has 0 aliphatic heterocycles. The van der Waals surface area contributed by atoms with E-state index in [1.807, 2.05) is 13.0 Å². The number of hydrogen-bond donors (Lipinski definition) is 2. The summed E-state index contributed by atoms with van der Waals surface area (Å²) >= 11 is 12.0. The molecule has 1 aromatic carbocycles. The Balaban J connectivity index is 1.99. The van der Waals surface area contributed by atoms with Gasteiger partial charge in [0.2, 0.25) is 0 Å². The van der Waals surface area contributed by atoms with Crippen LogP contribution in [0, 0.1) is 0 Å². The summed E-state index contributed by atoms with van der Waals surface area (Å²) in [4.78, 5) is 5.52. The fraction of sp³-hybridized carbons (Fsp3) is 0.333. The molecular weight excluding hydrogens is 313 g/mol. The maximum absolute atomic E-state index is 6.15. The molecule has 0 saturated heterocycles. The Bertz CT molecular complexity index is 653. The summed E-state index contributed by atoms with van der Waals surface area (Å²) in [6.45, 7) is 2.19. The van der Waals surface area contributed by atoms with E-state index in [1.54, 1.807) is 19.2 Å². The van der Waals surface area contributed by atoms with Gasteiger partial charge in [0.25, 0.3) is 0 Å². The van der Waals surface area contributed by atoms with Crippen molar-refractivity contribution in [3.05, 3.63) is 39.6 Å². The van der Waals surface area contributed by atoms with Crippen molar-refractivity contribution in [1.29, 1.82) is 0 Å². The number of nitrogens with one attached hydrogen (secondary N) is 1. The molecule has 0 amide bonds. The Kier molecular flexibility index (Phi) is 4.98. The lowest BCUT2D eigenvalue weighted by atomic mass is 10.1. The summed E-state index contributed by atoms with van der Waals surface area (Å²) in [6.07, 6.45) is 0. The Morgan fingerprint density at radius 2 is 2.24 bits per heavy atom. The molecule has 3 N–H and O–H groups in total. The molecular formula is C12H15Cl2N7. The van der Waals surface area contributed by atoms with Gasteiger partial charge in [0.1, 0.15) is 6.54 Å². The van der Waals surface area contributed by atoms with Gasteiger partial charge in [-0.3, -0.25) is 0 Å². The van der Waals surface area contributed by atoms with Gasteiger partial charge in [-0.25, -0.2) is 4.99 Å². The maximum atomic E-state index is 6.15. The summed E-state index contributed by atoms with van der Waals surface area (Å²) in [5.74, 6) is 0.778. The Morgan fingerprint density at radius 3 is 2.86 bits per heavy atom. The molecule has 1 aromatic heterocycles. The topological polar surface area (TPSA) is 94.0 Å². The van der Waals surface area contributed by atoms with Crippen molar-refractivity contribution in [3.8, 4) is 0 Å². The van der Waals surface area contributed by atoms with E-state index in [0.717, 1.165) is 5.56 Å². The lowest BCUT2D eigenvalue weighted by molar-refractivity contribution is 0.627. The normalized spacial score (nSPS) is 13.2. The first-order valence-electron chi connectivity index (χ1n) is 6.20. The van der Waals surface area contributed by atoms with Gasteiger partial charge in [-0.15, -0.1) is 10.2 Å². The van der Waals surface area contributed by atoms with Crippen molar-refractivity contribution in [2.24, 2.45) is 17.8 Å². The van der Waals surface area contributed by atoms with E-state index >= 15 is 0 Å². The van der Waals surface area contributed by atoms with Crippen LogP contribution in [0.3, 0.4) is 0 Å². The third-order valence-corrected chi connectivity index (χ3v) is 3.30. The van der Waals surface area contributed by atoms with Gasteiger partial charge in [-0.2, -0.15) is 4.80 Å². The minimum Gasteiger partial charge on any atom is -0.370 e. The molecule has 0 aliphatic rings. The molecule has 0 aliphatic carbocycles.